The van der Waals surface area contributed by atoms with Crippen molar-refractivity contribution in [2.75, 3.05) is 26.7 Å². The first-order valence-corrected chi connectivity index (χ1v) is 8.66. The summed E-state index contributed by atoms with van der Waals surface area (Å²) < 4.78 is 37.1. The van der Waals surface area contributed by atoms with E-state index in [-0.39, 0.29) is 5.69 Å². The fourth-order valence-electron chi connectivity index (χ4n) is 2.61. The topological polar surface area (TPSA) is 36.4 Å². The van der Waals surface area contributed by atoms with Crippen LogP contribution in [0.25, 0.3) is 0 Å². The minimum absolute atomic E-state index is 0.0511. The van der Waals surface area contributed by atoms with Crippen molar-refractivity contribution >= 4 is 5.91 Å². The molecule has 0 bridgehead atoms. The highest BCUT2D eigenvalue weighted by Crippen LogP contribution is 2.24. The predicted octanol–water partition coefficient (Wildman–Crippen LogP) is 3.83. The van der Waals surface area contributed by atoms with Crippen molar-refractivity contribution in [3.63, 3.8) is 0 Å². The van der Waals surface area contributed by atoms with E-state index in [1.165, 1.54) is 6.07 Å². The smallest absolute Gasteiger partial charge is 0.331 e. The Balaban J connectivity index is 0.00000151. The zero-order valence-electron chi connectivity index (χ0n) is 15.6. The molecule has 25 heavy (non-hydrogen) atoms. The van der Waals surface area contributed by atoms with E-state index in [0.29, 0.717) is 29.0 Å². The molecule has 1 aliphatic rings. The first-order chi connectivity index (χ1) is 11.7. The lowest BCUT2D eigenvalue weighted by atomic mass is 9.88. The van der Waals surface area contributed by atoms with Crippen LogP contribution in [0.4, 0.5) is 13.2 Å². The third-order valence-electron chi connectivity index (χ3n) is 4.10. The number of nitrogens with zero attached hydrogens (tertiary/aromatic N) is 3. The highest BCUT2D eigenvalue weighted by atomic mass is 19.4. The van der Waals surface area contributed by atoms with Crippen molar-refractivity contribution in [3.8, 4) is 0 Å². The molecule has 0 radical (unpaired) electrons. The summed E-state index contributed by atoms with van der Waals surface area (Å²) in [6.07, 6.45) is -4.41. The molecule has 2 rings (SSSR count). The molecule has 1 amide bonds. The van der Waals surface area contributed by atoms with Crippen molar-refractivity contribution in [1.82, 2.24) is 14.8 Å². The second-order valence-electron chi connectivity index (χ2n) is 6.49. The number of carbonyl (C=O) groups is 1. The van der Waals surface area contributed by atoms with Crippen LogP contribution >= 0.6 is 0 Å². The van der Waals surface area contributed by atoms with Crippen molar-refractivity contribution in [2.24, 2.45) is 11.8 Å². The lowest BCUT2D eigenvalue weighted by Gasteiger charge is -2.41. The number of hydrogen-bond acceptors (Lipinski definition) is 3. The molecule has 2 heterocycles. The summed E-state index contributed by atoms with van der Waals surface area (Å²) in [5.41, 5.74) is 0.758. The Kier molecular flexibility index (Phi) is 7.86. The summed E-state index contributed by atoms with van der Waals surface area (Å²) in [4.78, 5) is 19.1. The van der Waals surface area contributed by atoms with Crippen LogP contribution in [0.1, 0.15) is 43.9 Å². The third-order valence-corrected chi connectivity index (χ3v) is 4.10. The number of hydrogen-bond donors (Lipinski definition) is 0. The fraction of sp³-hybridized carbons (Fsp3) is 0.667. The molecule has 0 aliphatic carbocycles. The summed E-state index contributed by atoms with van der Waals surface area (Å²) in [7, 11) is 1.13. The third kappa shape index (κ3) is 6.65. The minimum atomic E-state index is -4.41. The molecular weight excluding hydrogens is 331 g/mol. The standard InChI is InChI=1S/C16H22F3N3O.C2H6/c1-11(2)12-7-22(8-12)9-13-5-4-6-14(20-13)15(23)21(3)10-16(17,18)19;1-2/h4-6,11-12H,7-10H2,1-3H3;1-2H3. The zero-order chi connectivity index (χ0) is 19.2. The maximum Gasteiger partial charge on any atom is 0.406 e. The number of pyridine rings is 1. The predicted molar refractivity (Wildman–Crippen MR) is 92.2 cm³/mol. The Morgan fingerprint density at radius 1 is 1.32 bits per heavy atom. The first-order valence-electron chi connectivity index (χ1n) is 8.66. The van der Waals surface area contributed by atoms with Gasteiger partial charge in [0.25, 0.3) is 5.91 Å². The SMILES string of the molecule is CC.CC(C)C1CN(Cc2cccc(C(=O)N(C)CC(F)(F)F)n2)C1. The molecule has 7 heteroatoms. The van der Waals surface area contributed by atoms with Gasteiger partial charge in [-0.25, -0.2) is 4.98 Å². The van der Waals surface area contributed by atoms with E-state index in [1.54, 1.807) is 12.1 Å². The number of alkyl halides is 3. The van der Waals surface area contributed by atoms with Crippen molar-refractivity contribution < 1.29 is 18.0 Å². The molecule has 0 saturated carbocycles. The fourth-order valence-corrected chi connectivity index (χ4v) is 2.61. The molecule has 0 N–H and O–H groups in total. The summed E-state index contributed by atoms with van der Waals surface area (Å²) in [5, 5.41) is 0. The average molecular weight is 359 g/mol. The molecule has 1 saturated heterocycles. The van der Waals surface area contributed by atoms with Crippen LogP contribution in [0.2, 0.25) is 0 Å². The Morgan fingerprint density at radius 2 is 1.92 bits per heavy atom. The number of carbonyl (C=O) groups excluding carboxylic acids is 1. The summed E-state index contributed by atoms with van der Waals surface area (Å²) >= 11 is 0. The van der Waals surface area contributed by atoms with Crippen molar-refractivity contribution in [1.29, 1.82) is 0 Å². The minimum Gasteiger partial charge on any atom is -0.331 e. The van der Waals surface area contributed by atoms with Gasteiger partial charge in [-0.3, -0.25) is 9.69 Å². The highest BCUT2D eigenvalue weighted by molar-refractivity contribution is 5.92. The Bertz CT molecular complexity index is 555. The van der Waals surface area contributed by atoms with Crippen LogP contribution in [0, 0.1) is 11.8 Å². The van der Waals surface area contributed by atoms with Crippen LogP contribution < -0.4 is 0 Å². The van der Waals surface area contributed by atoms with Crippen LogP contribution in [0.3, 0.4) is 0 Å². The van der Waals surface area contributed by atoms with Gasteiger partial charge >= 0.3 is 6.18 Å². The molecule has 142 valence electrons. The maximum absolute atomic E-state index is 12.4. The Hall–Kier alpha value is -1.63. The van der Waals surface area contributed by atoms with Gasteiger partial charge in [-0.2, -0.15) is 13.2 Å². The quantitative estimate of drug-likeness (QED) is 0.802. The molecule has 0 aromatic carbocycles. The number of likely N-dealkylation sites (tertiary alicyclic amines) is 1. The molecule has 1 aromatic rings. The monoisotopic (exact) mass is 359 g/mol. The van der Waals surface area contributed by atoms with E-state index in [1.807, 2.05) is 13.8 Å². The summed E-state index contributed by atoms with van der Waals surface area (Å²) in [6, 6.07) is 4.91. The van der Waals surface area contributed by atoms with Gasteiger partial charge in [-0.05, 0) is 24.0 Å². The lowest BCUT2D eigenvalue weighted by molar-refractivity contribution is -0.138. The number of aromatic nitrogens is 1. The average Bonchev–Trinajstić information content (AvgIpc) is 2.50. The largest absolute Gasteiger partial charge is 0.406 e. The summed E-state index contributed by atoms with van der Waals surface area (Å²) in [6.45, 7) is 9.70. The van der Waals surface area contributed by atoms with Gasteiger partial charge in [0, 0.05) is 26.7 Å². The second-order valence-corrected chi connectivity index (χ2v) is 6.49. The zero-order valence-corrected chi connectivity index (χ0v) is 15.6. The van der Waals surface area contributed by atoms with Gasteiger partial charge in [-0.15, -0.1) is 0 Å². The molecule has 1 aromatic heterocycles. The number of halogens is 3. The van der Waals surface area contributed by atoms with E-state index in [0.717, 1.165) is 20.1 Å². The van der Waals surface area contributed by atoms with Crippen LogP contribution in [-0.2, 0) is 6.54 Å². The first kappa shape index (κ1) is 21.4. The highest BCUT2D eigenvalue weighted by Gasteiger charge is 2.32. The molecule has 0 spiro atoms. The van der Waals surface area contributed by atoms with Crippen molar-refractivity contribution in [2.45, 2.75) is 40.4 Å². The lowest BCUT2D eigenvalue weighted by Crippen LogP contribution is -2.48. The Labute approximate surface area is 148 Å². The van der Waals surface area contributed by atoms with E-state index in [4.69, 9.17) is 0 Å². The van der Waals surface area contributed by atoms with Gasteiger partial charge < -0.3 is 4.90 Å². The molecule has 0 atom stereocenters. The van der Waals surface area contributed by atoms with E-state index in [9.17, 15) is 18.0 Å². The van der Waals surface area contributed by atoms with Gasteiger partial charge in [0.2, 0.25) is 0 Å². The van der Waals surface area contributed by atoms with Gasteiger partial charge in [0.15, 0.2) is 0 Å². The van der Waals surface area contributed by atoms with E-state index < -0.39 is 18.6 Å². The van der Waals surface area contributed by atoms with Crippen LogP contribution in [-0.4, -0.2) is 53.5 Å². The molecule has 1 fully saturated rings. The normalized spacial score (nSPS) is 15.4. The van der Waals surface area contributed by atoms with E-state index >= 15 is 0 Å². The number of amides is 1. The van der Waals surface area contributed by atoms with Crippen LogP contribution in [0.5, 0.6) is 0 Å². The molecular formula is C18H28F3N3O. The number of rotatable bonds is 5. The van der Waals surface area contributed by atoms with E-state index in [2.05, 4.69) is 23.7 Å². The van der Waals surface area contributed by atoms with Crippen molar-refractivity contribution in [3.05, 3.63) is 29.6 Å². The molecule has 4 nitrogen and oxygen atoms in total. The molecule has 1 aliphatic heterocycles. The van der Waals surface area contributed by atoms with Gasteiger partial charge in [-0.1, -0.05) is 33.8 Å². The second kappa shape index (κ2) is 9.17. The Morgan fingerprint density at radius 3 is 2.44 bits per heavy atom. The summed E-state index contributed by atoms with van der Waals surface area (Å²) in [5.74, 6) is 0.605. The van der Waals surface area contributed by atoms with Gasteiger partial charge in [0.1, 0.15) is 12.2 Å². The molecule has 0 unspecified atom stereocenters. The van der Waals surface area contributed by atoms with Crippen LogP contribution in [0.15, 0.2) is 18.2 Å². The van der Waals surface area contributed by atoms with Gasteiger partial charge in [0.05, 0.1) is 5.69 Å². The maximum atomic E-state index is 12.4.